The first-order valence-corrected chi connectivity index (χ1v) is 9.73. The van der Waals surface area contributed by atoms with E-state index in [2.05, 4.69) is 10.9 Å². The second-order valence-electron chi connectivity index (χ2n) is 6.49. The molecule has 0 aliphatic carbocycles. The van der Waals surface area contributed by atoms with Crippen LogP contribution in [0.25, 0.3) is 0 Å². The van der Waals surface area contributed by atoms with Crippen molar-refractivity contribution in [1.82, 2.24) is 10.9 Å². The number of hydrazine groups is 1. The molecule has 0 saturated carbocycles. The minimum atomic E-state index is -0.466. The standard InChI is InChI=1S/C24H24N2O4/c1-2-29-22-15-9-7-13-20(22)24(28)26-25-23(27)17-30-21-14-8-6-12-19(21)16-18-10-4-3-5-11-18/h3-15H,2,16-17H2,1H3,(H,25,27)(H,26,28). The fourth-order valence-corrected chi connectivity index (χ4v) is 2.92. The number of ether oxygens (including phenoxy) is 2. The molecular formula is C24H24N2O4. The fraction of sp³-hybridized carbons (Fsp3) is 0.167. The number of para-hydroxylation sites is 2. The molecule has 0 fully saturated rings. The van der Waals surface area contributed by atoms with Gasteiger partial charge in [-0.3, -0.25) is 20.4 Å². The van der Waals surface area contributed by atoms with Crippen LogP contribution in [-0.2, 0) is 11.2 Å². The number of hydrogen-bond donors (Lipinski definition) is 2. The molecule has 2 amide bonds. The zero-order chi connectivity index (χ0) is 21.2. The number of carbonyl (C=O) groups is 2. The molecule has 0 saturated heterocycles. The molecule has 6 nitrogen and oxygen atoms in total. The summed E-state index contributed by atoms with van der Waals surface area (Å²) in [4.78, 5) is 24.5. The first kappa shape index (κ1) is 20.9. The molecule has 0 spiro atoms. The predicted molar refractivity (Wildman–Crippen MR) is 114 cm³/mol. The summed E-state index contributed by atoms with van der Waals surface area (Å²) in [7, 11) is 0. The van der Waals surface area contributed by atoms with Crippen molar-refractivity contribution in [2.24, 2.45) is 0 Å². The summed E-state index contributed by atoms with van der Waals surface area (Å²) < 4.78 is 11.1. The summed E-state index contributed by atoms with van der Waals surface area (Å²) in [5.41, 5.74) is 7.23. The van der Waals surface area contributed by atoms with Crippen molar-refractivity contribution in [2.75, 3.05) is 13.2 Å². The van der Waals surface area contributed by atoms with E-state index in [9.17, 15) is 9.59 Å². The molecule has 2 N–H and O–H groups in total. The SMILES string of the molecule is CCOc1ccccc1C(=O)NNC(=O)COc1ccccc1Cc1ccccc1. The van der Waals surface area contributed by atoms with Crippen molar-refractivity contribution in [3.05, 3.63) is 95.6 Å². The molecular weight excluding hydrogens is 380 g/mol. The van der Waals surface area contributed by atoms with Gasteiger partial charge >= 0.3 is 0 Å². The molecule has 30 heavy (non-hydrogen) atoms. The van der Waals surface area contributed by atoms with Gasteiger partial charge < -0.3 is 9.47 Å². The molecule has 3 rings (SSSR count). The smallest absolute Gasteiger partial charge is 0.276 e. The number of carbonyl (C=O) groups excluding carboxylic acids is 2. The van der Waals surface area contributed by atoms with Crippen LogP contribution in [0.15, 0.2) is 78.9 Å². The Morgan fingerprint density at radius 2 is 1.43 bits per heavy atom. The van der Waals surface area contributed by atoms with Crippen LogP contribution >= 0.6 is 0 Å². The number of benzene rings is 3. The van der Waals surface area contributed by atoms with Crippen LogP contribution in [0.1, 0.15) is 28.4 Å². The number of rotatable bonds is 8. The maximum Gasteiger partial charge on any atom is 0.276 e. The Morgan fingerprint density at radius 1 is 0.767 bits per heavy atom. The van der Waals surface area contributed by atoms with Crippen molar-refractivity contribution in [3.63, 3.8) is 0 Å². The van der Waals surface area contributed by atoms with Crippen LogP contribution in [-0.4, -0.2) is 25.0 Å². The van der Waals surface area contributed by atoms with Crippen LogP contribution in [0.5, 0.6) is 11.5 Å². The van der Waals surface area contributed by atoms with E-state index < -0.39 is 11.8 Å². The Morgan fingerprint density at radius 3 is 2.20 bits per heavy atom. The van der Waals surface area contributed by atoms with Gasteiger partial charge in [0.2, 0.25) is 0 Å². The van der Waals surface area contributed by atoms with E-state index in [4.69, 9.17) is 9.47 Å². The van der Waals surface area contributed by atoms with Crippen LogP contribution in [0.2, 0.25) is 0 Å². The molecule has 0 aliphatic heterocycles. The average molecular weight is 404 g/mol. The van der Waals surface area contributed by atoms with Crippen molar-refractivity contribution < 1.29 is 19.1 Å². The maximum atomic E-state index is 12.3. The van der Waals surface area contributed by atoms with E-state index in [1.54, 1.807) is 24.3 Å². The lowest BCUT2D eigenvalue weighted by Crippen LogP contribution is -2.44. The normalized spacial score (nSPS) is 10.2. The Hall–Kier alpha value is -3.80. The van der Waals surface area contributed by atoms with Crippen LogP contribution in [0.4, 0.5) is 0 Å². The fourth-order valence-electron chi connectivity index (χ4n) is 2.92. The quantitative estimate of drug-likeness (QED) is 0.563. The van der Waals surface area contributed by atoms with E-state index in [0.717, 1.165) is 11.1 Å². The topological polar surface area (TPSA) is 76.7 Å². The summed E-state index contributed by atoms with van der Waals surface area (Å²) >= 11 is 0. The van der Waals surface area contributed by atoms with Crippen LogP contribution in [0.3, 0.4) is 0 Å². The number of nitrogens with one attached hydrogen (secondary N) is 2. The Balaban J connectivity index is 1.54. The highest BCUT2D eigenvalue weighted by Gasteiger charge is 2.13. The van der Waals surface area contributed by atoms with E-state index in [1.165, 1.54) is 0 Å². The van der Waals surface area contributed by atoms with Crippen molar-refractivity contribution in [2.45, 2.75) is 13.3 Å². The van der Waals surface area contributed by atoms with Gasteiger partial charge in [0.25, 0.3) is 11.8 Å². The van der Waals surface area contributed by atoms with E-state index in [-0.39, 0.29) is 6.61 Å². The first-order chi connectivity index (χ1) is 14.7. The molecule has 154 valence electrons. The second-order valence-corrected chi connectivity index (χ2v) is 6.49. The highest BCUT2D eigenvalue weighted by Crippen LogP contribution is 2.21. The summed E-state index contributed by atoms with van der Waals surface area (Å²) in [6.07, 6.45) is 0.698. The lowest BCUT2D eigenvalue weighted by Gasteiger charge is -2.13. The molecule has 0 aromatic heterocycles. The Bertz CT molecular complexity index is 989. The molecule has 0 atom stereocenters. The molecule has 3 aromatic rings. The van der Waals surface area contributed by atoms with E-state index in [1.807, 2.05) is 61.5 Å². The van der Waals surface area contributed by atoms with Gasteiger partial charge in [0, 0.05) is 6.42 Å². The van der Waals surface area contributed by atoms with Gasteiger partial charge in [0.05, 0.1) is 12.2 Å². The van der Waals surface area contributed by atoms with E-state index in [0.29, 0.717) is 30.1 Å². The highest BCUT2D eigenvalue weighted by atomic mass is 16.5. The largest absolute Gasteiger partial charge is 0.493 e. The van der Waals surface area contributed by atoms with Gasteiger partial charge in [0.1, 0.15) is 11.5 Å². The zero-order valence-corrected chi connectivity index (χ0v) is 16.8. The average Bonchev–Trinajstić information content (AvgIpc) is 2.78. The molecule has 3 aromatic carbocycles. The third-order valence-corrected chi connectivity index (χ3v) is 4.32. The monoisotopic (exact) mass is 404 g/mol. The number of hydrogen-bond acceptors (Lipinski definition) is 4. The van der Waals surface area contributed by atoms with Gasteiger partial charge in [-0.2, -0.15) is 0 Å². The van der Waals surface area contributed by atoms with Gasteiger partial charge in [-0.1, -0.05) is 60.7 Å². The van der Waals surface area contributed by atoms with Gasteiger partial charge in [0.15, 0.2) is 6.61 Å². The van der Waals surface area contributed by atoms with Gasteiger partial charge in [-0.15, -0.1) is 0 Å². The maximum absolute atomic E-state index is 12.3. The third kappa shape index (κ3) is 5.85. The van der Waals surface area contributed by atoms with Crippen LogP contribution in [0, 0.1) is 0 Å². The lowest BCUT2D eigenvalue weighted by molar-refractivity contribution is -0.123. The van der Waals surface area contributed by atoms with Crippen molar-refractivity contribution >= 4 is 11.8 Å². The number of amides is 2. The third-order valence-electron chi connectivity index (χ3n) is 4.32. The molecule has 0 unspecified atom stereocenters. The van der Waals surface area contributed by atoms with Crippen molar-refractivity contribution in [1.29, 1.82) is 0 Å². The second kappa shape index (κ2) is 10.7. The summed E-state index contributed by atoms with van der Waals surface area (Å²) in [5.74, 6) is 0.158. The zero-order valence-electron chi connectivity index (χ0n) is 16.8. The Kier molecular flexibility index (Phi) is 7.44. The summed E-state index contributed by atoms with van der Waals surface area (Å²) in [6, 6.07) is 24.4. The molecule has 0 bridgehead atoms. The van der Waals surface area contributed by atoms with E-state index >= 15 is 0 Å². The van der Waals surface area contributed by atoms with Gasteiger partial charge in [-0.05, 0) is 36.2 Å². The minimum absolute atomic E-state index is 0.223. The Labute approximate surface area is 175 Å². The van der Waals surface area contributed by atoms with Crippen LogP contribution < -0.4 is 20.3 Å². The first-order valence-electron chi connectivity index (χ1n) is 9.73. The van der Waals surface area contributed by atoms with Gasteiger partial charge in [-0.25, -0.2) is 0 Å². The molecule has 0 radical (unpaired) electrons. The minimum Gasteiger partial charge on any atom is -0.493 e. The predicted octanol–water partition coefficient (Wildman–Crippen LogP) is 3.52. The molecule has 0 heterocycles. The summed E-state index contributed by atoms with van der Waals surface area (Å²) in [6.45, 7) is 2.05. The highest BCUT2D eigenvalue weighted by molar-refractivity contribution is 5.97. The van der Waals surface area contributed by atoms with Crippen molar-refractivity contribution in [3.8, 4) is 11.5 Å². The lowest BCUT2D eigenvalue weighted by atomic mass is 10.0. The molecule has 6 heteroatoms. The molecule has 0 aliphatic rings. The summed E-state index contributed by atoms with van der Waals surface area (Å²) in [5, 5.41) is 0.